The van der Waals surface area contributed by atoms with Crippen LogP contribution in [0.1, 0.15) is 0 Å². The lowest BCUT2D eigenvalue weighted by atomic mass is 10.3. The van der Waals surface area contributed by atoms with Crippen LogP contribution in [0.2, 0.25) is 0 Å². The van der Waals surface area contributed by atoms with Crippen LogP contribution in [0.4, 0.5) is 8.78 Å². The van der Waals surface area contributed by atoms with E-state index in [0.717, 1.165) is 38.9 Å². The summed E-state index contributed by atoms with van der Waals surface area (Å²) in [4.78, 5) is 6.38. The molecule has 0 N–H and O–H groups in total. The number of aromatic nitrogens is 2. The number of nitrogens with zero attached hydrogens (tertiary/aromatic N) is 3. The maximum absolute atomic E-state index is 13.3. The van der Waals surface area contributed by atoms with E-state index in [4.69, 9.17) is 4.74 Å². The van der Waals surface area contributed by atoms with Crippen molar-refractivity contribution in [1.29, 1.82) is 0 Å². The highest BCUT2D eigenvalue weighted by molar-refractivity contribution is 5.75. The molecule has 0 atom stereocenters. The van der Waals surface area contributed by atoms with Gasteiger partial charge in [0.25, 0.3) is 0 Å². The smallest absolute Gasteiger partial charge is 0.161 e. The van der Waals surface area contributed by atoms with E-state index in [1.807, 2.05) is 4.57 Å². The van der Waals surface area contributed by atoms with Crippen LogP contribution in [-0.4, -0.2) is 47.3 Å². The zero-order valence-corrected chi connectivity index (χ0v) is 10.5. The number of rotatable bonds is 3. The molecule has 1 aliphatic rings. The molecular formula is C13H15F2N3O. The van der Waals surface area contributed by atoms with Gasteiger partial charge in [-0.05, 0) is 0 Å². The number of hydrogen-bond donors (Lipinski definition) is 0. The predicted octanol–water partition coefficient (Wildman–Crippen LogP) is 1.65. The minimum absolute atomic E-state index is 0.487. The lowest BCUT2D eigenvalue weighted by molar-refractivity contribution is 0.0365. The molecule has 19 heavy (non-hydrogen) atoms. The summed E-state index contributed by atoms with van der Waals surface area (Å²) >= 11 is 0. The fourth-order valence-electron chi connectivity index (χ4n) is 2.31. The Morgan fingerprint density at radius 2 is 1.84 bits per heavy atom. The van der Waals surface area contributed by atoms with E-state index in [2.05, 4.69) is 9.88 Å². The molecule has 1 saturated heterocycles. The van der Waals surface area contributed by atoms with E-state index in [0.29, 0.717) is 17.6 Å². The largest absolute Gasteiger partial charge is 0.379 e. The van der Waals surface area contributed by atoms with E-state index in [1.165, 1.54) is 6.07 Å². The van der Waals surface area contributed by atoms with Crippen molar-refractivity contribution in [3.8, 4) is 0 Å². The molecule has 1 aromatic carbocycles. The van der Waals surface area contributed by atoms with Gasteiger partial charge in [0.1, 0.15) is 0 Å². The molecular weight excluding hydrogens is 252 g/mol. The molecule has 1 aromatic heterocycles. The Morgan fingerprint density at radius 3 is 2.63 bits per heavy atom. The SMILES string of the molecule is Fc1cc2ncn(CCN3CCOCC3)c2cc1F. The first kappa shape index (κ1) is 12.5. The van der Waals surface area contributed by atoms with Gasteiger partial charge >= 0.3 is 0 Å². The number of imidazole rings is 1. The molecule has 2 aromatic rings. The molecule has 0 radical (unpaired) electrons. The van der Waals surface area contributed by atoms with Crippen LogP contribution in [-0.2, 0) is 11.3 Å². The second-order valence-electron chi connectivity index (χ2n) is 4.65. The van der Waals surface area contributed by atoms with E-state index >= 15 is 0 Å². The highest BCUT2D eigenvalue weighted by Gasteiger charge is 2.12. The number of benzene rings is 1. The van der Waals surface area contributed by atoms with Gasteiger partial charge in [-0.3, -0.25) is 4.90 Å². The molecule has 102 valence electrons. The Kier molecular flexibility index (Phi) is 3.44. The highest BCUT2D eigenvalue weighted by Crippen LogP contribution is 2.17. The quantitative estimate of drug-likeness (QED) is 0.847. The number of fused-ring (bicyclic) bond motifs is 1. The van der Waals surface area contributed by atoms with Crippen LogP contribution in [0.5, 0.6) is 0 Å². The van der Waals surface area contributed by atoms with Crippen LogP contribution in [0.3, 0.4) is 0 Å². The minimum Gasteiger partial charge on any atom is -0.379 e. The fourth-order valence-corrected chi connectivity index (χ4v) is 2.31. The summed E-state index contributed by atoms with van der Waals surface area (Å²) in [6.07, 6.45) is 1.63. The zero-order chi connectivity index (χ0) is 13.2. The van der Waals surface area contributed by atoms with Crippen LogP contribution in [0.15, 0.2) is 18.5 Å². The summed E-state index contributed by atoms with van der Waals surface area (Å²) in [6, 6.07) is 2.34. The molecule has 0 aliphatic carbocycles. The van der Waals surface area contributed by atoms with Gasteiger partial charge < -0.3 is 9.30 Å². The summed E-state index contributed by atoms with van der Waals surface area (Å²) in [5, 5.41) is 0. The van der Waals surface area contributed by atoms with Crippen molar-refractivity contribution in [2.45, 2.75) is 6.54 Å². The summed E-state index contributed by atoms with van der Waals surface area (Å²) in [6.45, 7) is 4.90. The van der Waals surface area contributed by atoms with Crippen LogP contribution in [0, 0.1) is 11.6 Å². The lowest BCUT2D eigenvalue weighted by Gasteiger charge is -2.26. The van der Waals surface area contributed by atoms with Crippen molar-refractivity contribution in [1.82, 2.24) is 14.5 Å². The number of hydrogen-bond acceptors (Lipinski definition) is 3. The molecule has 0 bridgehead atoms. The number of halogens is 2. The van der Waals surface area contributed by atoms with Gasteiger partial charge in [-0.1, -0.05) is 0 Å². The summed E-state index contributed by atoms with van der Waals surface area (Å²) in [7, 11) is 0. The van der Waals surface area contributed by atoms with Crippen molar-refractivity contribution in [2.24, 2.45) is 0 Å². The first-order chi connectivity index (χ1) is 9.24. The molecule has 0 amide bonds. The van der Waals surface area contributed by atoms with Gasteiger partial charge in [-0.15, -0.1) is 0 Å². The molecule has 0 unspecified atom stereocenters. The zero-order valence-electron chi connectivity index (χ0n) is 10.5. The van der Waals surface area contributed by atoms with E-state index in [9.17, 15) is 8.78 Å². The lowest BCUT2D eigenvalue weighted by Crippen LogP contribution is -2.38. The Hall–Kier alpha value is -1.53. The van der Waals surface area contributed by atoms with Gasteiger partial charge in [0.05, 0.1) is 30.6 Å². The van der Waals surface area contributed by atoms with Crippen LogP contribution < -0.4 is 0 Å². The Labute approximate surface area is 109 Å². The fraction of sp³-hybridized carbons (Fsp3) is 0.462. The second-order valence-corrected chi connectivity index (χ2v) is 4.65. The van der Waals surface area contributed by atoms with E-state index in [-0.39, 0.29) is 0 Å². The molecule has 6 heteroatoms. The van der Waals surface area contributed by atoms with Crippen molar-refractivity contribution < 1.29 is 13.5 Å². The molecule has 1 aliphatic heterocycles. The van der Waals surface area contributed by atoms with Gasteiger partial charge in [-0.2, -0.15) is 0 Å². The van der Waals surface area contributed by atoms with Crippen LogP contribution >= 0.6 is 0 Å². The van der Waals surface area contributed by atoms with Gasteiger partial charge in [-0.25, -0.2) is 13.8 Å². The molecule has 3 rings (SSSR count). The minimum atomic E-state index is -0.856. The molecule has 0 saturated carbocycles. The molecule has 2 heterocycles. The monoisotopic (exact) mass is 267 g/mol. The summed E-state index contributed by atoms with van der Waals surface area (Å²) in [5.74, 6) is -1.69. The van der Waals surface area contributed by atoms with Gasteiger partial charge in [0, 0.05) is 38.3 Å². The summed E-state index contributed by atoms with van der Waals surface area (Å²) in [5.41, 5.74) is 1.12. The van der Waals surface area contributed by atoms with Crippen molar-refractivity contribution in [2.75, 3.05) is 32.8 Å². The average Bonchev–Trinajstić information content (AvgIpc) is 2.80. The van der Waals surface area contributed by atoms with Gasteiger partial charge in [0.2, 0.25) is 0 Å². The average molecular weight is 267 g/mol. The number of morpholine rings is 1. The van der Waals surface area contributed by atoms with Gasteiger partial charge in [0.15, 0.2) is 11.6 Å². The first-order valence-corrected chi connectivity index (χ1v) is 6.34. The molecule has 1 fully saturated rings. The Morgan fingerprint density at radius 1 is 1.11 bits per heavy atom. The highest BCUT2D eigenvalue weighted by atomic mass is 19.2. The Balaban J connectivity index is 1.75. The maximum atomic E-state index is 13.3. The first-order valence-electron chi connectivity index (χ1n) is 6.34. The third-order valence-electron chi connectivity index (χ3n) is 3.42. The topological polar surface area (TPSA) is 30.3 Å². The van der Waals surface area contributed by atoms with Crippen LogP contribution in [0.25, 0.3) is 11.0 Å². The third-order valence-corrected chi connectivity index (χ3v) is 3.42. The van der Waals surface area contributed by atoms with Crippen molar-refractivity contribution >= 4 is 11.0 Å². The maximum Gasteiger partial charge on any atom is 0.161 e. The third kappa shape index (κ3) is 2.59. The van der Waals surface area contributed by atoms with E-state index < -0.39 is 11.6 Å². The predicted molar refractivity (Wildman–Crippen MR) is 66.9 cm³/mol. The second kappa shape index (κ2) is 5.22. The number of ether oxygens (including phenoxy) is 1. The molecule has 4 nitrogen and oxygen atoms in total. The van der Waals surface area contributed by atoms with Crippen molar-refractivity contribution in [3.63, 3.8) is 0 Å². The van der Waals surface area contributed by atoms with E-state index in [1.54, 1.807) is 6.33 Å². The normalized spacial score (nSPS) is 17.2. The summed E-state index contributed by atoms with van der Waals surface area (Å²) < 4.78 is 33.5. The standard InChI is InChI=1S/C13H15F2N3O/c14-10-7-12-13(8-11(10)15)18(9-16-12)2-1-17-3-5-19-6-4-17/h7-9H,1-6H2. The Bertz CT molecular complexity index is 579. The molecule has 0 spiro atoms. The van der Waals surface area contributed by atoms with Crippen molar-refractivity contribution in [3.05, 3.63) is 30.1 Å².